The molecule has 0 aliphatic heterocycles. The molecule has 1 aromatic rings. The molecule has 22 heavy (non-hydrogen) atoms. The first-order valence-electron chi connectivity index (χ1n) is 7.40. The van der Waals surface area contributed by atoms with Crippen molar-refractivity contribution in [3.8, 4) is 0 Å². The normalized spacial score (nSPS) is 19.5. The minimum atomic E-state index is -4.97. The van der Waals surface area contributed by atoms with Gasteiger partial charge in [0.2, 0.25) is 0 Å². The van der Waals surface area contributed by atoms with Crippen LogP contribution in [0.25, 0.3) is 0 Å². The van der Waals surface area contributed by atoms with Gasteiger partial charge in [-0.15, -0.1) is 0 Å². The number of nitrogens with one attached hydrogen (secondary N) is 1. The number of carbonyl (C=O) groups excluding carboxylic acids is 1. The second-order valence-electron chi connectivity index (χ2n) is 5.93. The summed E-state index contributed by atoms with van der Waals surface area (Å²) < 4.78 is 37.9. The van der Waals surface area contributed by atoms with E-state index in [1.54, 1.807) is 31.2 Å². The average molecular weight is 315 g/mol. The molecular weight excluding hydrogens is 295 g/mol. The first-order valence-corrected chi connectivity index (χ1v) is 7.40. The Morgan fingerprint density at radius 1 is 1.23 bits per heavy atom. The monoisotopic (exact) mass is 315 g/mol. The maximum absolute atomic E-state index is 12.6. The Hall–Kier alpha value is -1.56. The van der Waals surface area contributed by atoms with E-state index in [4.69, 9.17) is 0 Å². The van der Waals surface area contributed by atoms with Gasteiger partial charge in [0, 0.05) is 0 Å². The van der Waals surface area contributed by atoms with Gasteiger partial charge in [-0.2, -0.15) is 13.2 Å². The molecule has 1 saturated carbocycles. The molecule has 0 spiro atoms. The van der Waals surface area contributed by atoms with E-state index in [0.29, 0.717) is 18.4 Å². The second kappa shape index (κ2) is 6.28. The molecule has 0 aromatic heterocycles. The van der Waals surface area contributed by atoms with E-state index in [2.05, 4.69) is 0 Å². The van der Waals surface area contributed by atoms with Gasteiger partial charge in [-0.05, 0) is 30.9 Å². The Morgan fingerprint density at radius 3 is 2.36 bits per heavy atom. The lowest BCUT2D eigenvalue weighted by Crippen LogP contribution is -2.50. The maximum Gasteiger partial charge on any atom is 0.471 e. The predicted molar refractivity (Wildman–Crippen MR) is 76.2 cm³/mol. The summed E-state index contributed by atoms with van der Waals surface area (Å²) in [5, 5.41) is 12.9. The molecule has 0 saturated heterocycles. The number of rotatable bonds is 3. The number of carbonyl (C=O) groups is 1. The fraction of sp³-hybridized carbons (Fsp3) is 0.562. The van der Waals surface area contributed by atoms with E-state index in [0.717, 1.165) is 24.8 Å². The van der Waals surface area contributed by atoms with Gasteiger partial charge >= 0.3 is 12.1 Å². The number of alkyl halides is 3. The van der Waals surface area contributed by atoms with Crippen LogP contribution in [0.5, 0.6) is 0 Å². The van der Waals surface area contributed by atoms with Gasteiger partial charge in [-0.25, -0.2) is 0 Å². The third-order valence-corrected chi connectivity index (χ3v) is 4.29. The number of halogens is 3. The molecule has 2 rings (SSSR count). The Bertz CT molecular complexity index is 536. The van der Waals surface area contributed by atoms with E-state index in [-0.39, 0.29) is 0 Å². The maximum atomic E-state index is 12.6. The molecule has 0 heterocycles. The number of aliphatic hydroxyl groups is 1. The van der Waals surface area contributed by atoms with Crippen molar-refractivity contribution in [2.45, 2.75) is 56.8 Å². The van der Waals surface area contributed by atoms with Crippen molar-refractivity contribution in [1.29, 1.82) is 0 Å². The summed E-state index contributed by atoms with van der Waals surface area (Å²) in [4.78, 5) is 11.4. The lowest BCUT2D eigenvalue weighted by atomic mass is 9.76. The Labute approximate surface area is 127 Å². The second-order valence-corrected chi connectivity index (χ2v) is 5.93. The molecule has 2 N–H and O–H groups in total. The molecule has 0 radical (unpaired) electrons. The average Bonchev–Trinajstić information content (AvgIpc) is 2.45. The van der Waals surface area contributed by atoms with E-state index >= 15 is 0 Å². The highest BCUT2D eigenvalue weighted by molar-refractivity contribution is 5.82. The van der Waals surface area contributed by atoms with Gasteiger partial charge < -0.3 is 10.4 Å². The van der Waals surface area contributed by atoms with Gasteiger partial charge in [0.1, 0.15) is 0 Å². The topological polar surface area (TPSA) is 49.3 Å². The summed E-state index contributed by atoms with van der Waals surface area (Å²) >= 11 is 0. The number of aryl methyl sites for hydroxylation is 1. The highest BCUT2D eigenvalue weighted by Gasteiger charge is 2.45. The smallest absolute Gasteiger partial charge is 0.387 e. The van der Waals surface area contributed by atoms with Crippen molar-refractivity contribution in [2.75, 3.05) is 0 Å². The molecule has 1 fully saturated rings. The first kappa shape index (κ1) is 16.8. The van der Waals surface area contributed by atoms with Crippen LogP contribution in [0.1, 0.15) is 49.3 Å². The fourth-order valence-electron chi connectivity index (χ4n) is 3.08. The Kier molecular flexibility index (Phi) is 4.80. The van der Waals surface area contributed by atoms with Crippen molar-refractivity contribution in [2.24, 2.45) is 0 Å². The minimum Gasteiger partial charge on any atom is -0.387 e. The molecular formula is C16H20F3NO2. The highest BCUT2D eigenvalue weighted by atomic mass is 19.4. The van der Waals surface area contributed by atoms with Gasteiger partial charge in [0.15, 0.2) is 0 Å². The van der Waals surface area contributed by atoms with Crippen LogP contribution < -0.4 is 5.32 Å². The quantitative estimate of drug-likeness (QED) is 0.898. The first-order chi connectivity index (χ1) is 10.2. The molecule has 1 unspecified atom stereocenters. The van der Waals surface area contributed by atoms with Crippen molar-refractivity contribution in [1.82, 2.24) is 5.32 Å². The van der Waals surface area contributed by atoms with Crippen LogP contribution in [-0.2, 0) is 4.79 Å². The molecule has 1 amide bonds. The minimum absolute atomic E-state index is 0.379. The molecule has 3 nitrogen and oxygen atoms in total. The molecule has 1 atom stereocenters. The fourth-order valence-corrected chi connectivity index (χ4v) is 3.08. The largest absolute Gasteiger partial charge is 0.471 e. The molecule has 1 aliphatic carbocycles. The lowest BCUT2D eigenvalue weighted by Gasteiger charge is -2.40. The summed E-state index contributed by atoms with van der Waals surface area (Å²) in [7, 11) is 0. The zero-order valence-electron chi connectivity index (χ0n) is 12.4. The third kappa shape index (κ3) is 3.61. The molecule has 1 aliphatic rings. The number of benzene rings is 1. The third-order valence-electron chi connectivity index (χ3n) is 4.29. The summed E-state index contributed by atoms with van der Waals surface area (Å²) in [6, 6.07) is 5.83. The zero-order chi connectivity index (χ0) is 16.4. The molecule has 0 bridgehead atoms. The van der Waals surface area contributed by atoms with E-state index in [1.807, 2.05) is 5.32 Å². The van der Waals surface area contributed by atoms with E-state index in [1.165, 1.54) is 0 Å². The molecule has 1 aromatic carbocycles. The van der Waals surface area contributed by atoms with Crippen LogP contribution in [0.2, 0.25) is 0 Å². The van der Waals surface area contributed by atoms with Crippen LogP contribution in [0.3, 0.4) is 0 Å². The number of amides is 1. The van der Waals surface area contributed by atoms with Gasteiger partial charge in [-0.3, -0.25) is 4.79 Å². The Balaban J connectivity index is 2.37. The van der Waals surface area contributed by atoms with Crippen LogP contribution in [0.15, 0.2) is 24.3 Å². The van der Waals surface area contributed by atoms with Gasteiger partial charge in [-0.1, -0.05) is 43.5 Å². The molecule has 122 valence electrons. The standard InChI is InChI=1S/C16H20F3NO2/c1-11-7-3-4-8-12(11)13(20-14(21)16(17,18)19)15(22)9-5-2-6-10-15/h3-4,7-8,13,22H,2,5-6,9-10H2,1H3,(H,20,21). The van der Waals surface area contributed by atoms with Gasteiger partial charge in [0.05, 0.1) is 11.6 Å². The van der Waals surface area contributed by atoms with Crippen molar-refractivity contribution >= 4 is 5.91 Å². The highest BCUT2D eigenvalue weighted by Crippen LogP contribution is 2.39. The summed E-state index contributed by atoms with van der Waals surface area (Å²) in [6.07, 6.45) is -1.79. The van der Waals surface area contributed by atoms with Crippen molar-refractivity contribution in [3.63, 3.8) is 0 Å². The zero-order valence-corrected chi connectivity index (χ0v) is 12.4. The lowest BCUT2D eigenvalue weighted by molar-refractivity contribution is -0.177. The molecule has 6 heteroatoms. The summed E-state index contributed by atoms with van der Waals surface area (Å²) in [5.74, 6) is -2.01. The summed E-state index contributed by atoms with van der Waals surface area (Å²) in [6.45, 7) is 1.76. The number of hydrogen-bond donors (Lipinski definition) is 2. The summed E-state index contributed by atoms with van der Waals surface area (Å²) in [5.41, 5.74) is -0.0656. The van der Waals surface area contributed by atoms with E-state index in [9.17, 15) is 23.1 Å². The van der Waals surface area contributed by atoms with Gasteiger partial charge in [0.25, 0.3) is 0 Å². The number of hydrogen-bond acceptors (Lipinski definition) is 2. The van der Waals surface area contributed by atoms with E-state index < -0.39 is 23.7 Å². The van der Waals surface area contributed by atoms with Crippen molar-refractivity contribution < 1.29 is 23.1 Å². The Morgan fingerprint density at radius 2 is 1.82 bits per heavy atom. The van der Waals surface area contributed by atoms with Crippen LogP contribution in [0, 0.1) is 6.92 Å². The SMILES string of the molecule is Cc1ccccc1C(NC(=O)C(F)(F)F)C1(O)CCCCC1. The predicted octanol–water partition coefficient (Wildman–Crippen LogP) is 3.41. The van der Waals surface area contributed by atoms with Crippen LogP contribution in [-0.4, -0.2) is 22.8 Å². The van der Waals surface area contributed by atoms with Crippen LogP contribution in [0.4, 0.5) is 13.2 Å². The van der Waals surface area contributed by atoms with Crippen LogP contribution >= 0.6 is 0 Å². The van der Waals surface area contributed by atoms with Crippen molar-refractivity contribution in [3.05, 3.63) is 35.4 Å².